The van der Waals surface area contributed by atoms with Crippen LogP contribution in [0.25, 0.3) is 0 Å². The van der Waals surface area contributed by atoms with Gasteiger partial charge < -0.3 is 15.0 Å². The van der Waals surface area contributed by atoms with Gasteiger partial charge in [0.1, 0.15) is 5.69 Å². The molecule has 1 aromatic heterocycles. The molecule has 20 heavy (non-hydrogen) atoms. The molecule has 0 radical (unpaired) electrons. The number of ether oxygens (including phenoxy) is 1. The van der Waals surface area contributed by atoms with Gasteiger partial charge >= 0.3 is 0 Å². The van der Waals surface area contributed by atoms with Crippen LogP contribution in [0.4, 0.5) is 0 Å². The number of halogens is 1. The zero-order valence-electron chi connectivity index (χ0n) is 12.4. The lowest BCUT2D eigenvalue weighted by molar-refractivity contribution is 0.145. The minimum Gasteiger partial charge on any atom is -0.382 e. The third-order valence-corrected chi connectivity index (χ3v) is 3.56. The number of hydrogen-bond acceptors (Lipinski definition) is 3. The summed E-state index contributed by atoms with van der Waals surface area (Å²) in [6, 6.07) is 0. The lowest BCUT2D eigenvalue weighted by Crippen LogP contribution is -2.37. The maximum atomic E-state index is 6.14. The highest BCUT2D eigenvalue weighted by molar-refractivity contribution is 7.80. The Kier molecular flexibility index (Phi) is 7.87. The van der Waals surface area contributed by atoms with Gasteiger partial charge in [0.25, 0.3) is 0 Å². The summed E-state index contributed by atoms with van der Waals surface area (Å²) in [5.74, 6) is 0. The molecule has 0 amide bonds. The Morgan fingerprint density at radius 2 is 2.30 bits per heavy atom. The smallest absolute Gasteiger partial charge is 0.169 e. The summed E-state index contributed by atoms with van der Waals surface area (Å²) in [4.78, 5) is 1.93. The van der Waals surface area contributed by atoms with E-state index in [1.54, 1.807) is 0 Å². The molecule has 0 aliphatic carbocycles. The molecule has 1 aromatic rings. The molecular weight excluding hydrogens is 296 g/mol. The molecule has 0 spiro atoms. The summed E-state index contributed by atoms with van der Waals surface area (Å²) >= 11 is 11.5. The molecular formula is C13H23ClN4OS. The van der Waals surface area contributed by atoms with Crippen molar-refractivity contribution in [2.75, 3.05) is 26.8 Å². The van der Waals surface area contributed by atoms with Crippen LogP contribution in [0.15, 0.2) is 6.20 Å². The van der Waals surface area contributed by atoms with Crippen molar-refractivity contribution in [1.82, 2.24) is 20.0 Å². The fraction of sp³-hybridized carbons (Fsp3) is 0.692. The summed E-state index contributed by atoms with van der Waals surface area (Å²) in [5.41, 5.74) is 0.842. The summed E-state index contributed by atoms with van der Waals surface area (Å²) in [5, 5.41) is 8.98. The molecule has 0 saturated heterocycles. The number of nitrogens with one attached hydrogen (secondary N) is 1. The summed E-state index contributed by atoms with van der Waals surface area (Å²) in [6.45, 7) is 7.74. The quantitative estimate of drug-likeness (QED) is 0.588. The highest BCUT2D eigenvalue weighted by Crippen LogP contribution is 2.15. The largest absolute Gasteiger partial charge is 0.382 e. The van der Waals surface area contributed by atoms with E-state index < -0.39 is 0 Å². The fourth-order valence-corrected chi connectivity index (χ4v) is 2.03. The Hall–Kier alpha value is -0.850. The molecule has 5 nitrogen and oxygen atoms in total. The van der Waals surface area contributed by atoms with Crippen molar-refractivity contribution >= 4 is 28.9 Å². The first-order valence-electron chi connectivity index (χ1n) is 6.87. The van der Waals surface area contributed by atoms with Gasteiger partial charge in [-0.3, -0.25) is 4.68 Å². The van der Waals surface area contributed by atoms with Crippen LogP contribution in [0.1, 0.15) is 26.0 Å². The van der Waals surface area contributed by atoms with Crippen LogP contribution < -0.4 is 5.32 Å². The van der Waals surface area contributed by atoms with Crippen LogP contribution in [-0.4, -0.2) is 46.6 Å². The second kappa shape index (κ2) is 9.15. The standard InChI is InChI=1S/C13H23ClN4OS/c1-4-18-9-11(14)12(16-18)10-17(3)13(20)15-7-6-8-19-5-2/h9H,4-8,10H2,1-3H3,(H,15,20). The van der Waals surface area contributed by atoms with Crippen LogP contribution in [0.3, 0.4) is 0 Å². The van der Waals surface area contributed by atoms with Gasteiger partial charge in [-0.2, -0.15) is 5.10 Å². The van der Waals surface area contributed by atoms with Gasteiger partial charge in [0, 0.05) is 39.5 Å². The molecule has 0 aliphatic rings. The van der Waals surface area contributed by atoms with Crippen LogP contribution in [0, 0.1) is 0 Å². The zero-order valence-corrected chi connectivity index (χ0v) is 13.9. The minimum atomic E-state index is 0.600. The Labute approximate surface area is 131 Å². The molecule has 0 aliphatic heterocycles. The molecule has 0 saturated carbocycles. The maximum Gasteiger partial charge on any atom is 0.169 e. The highest BCUT2D eigenvalue weighted by Gasteiger charge is 2.11. The van der Waals surface area contributed by atoms with E-state index in [0.29, 0.717) is 16.7 Å². The van der Waals surface area contributed by atoms with Gasteiger partial charge in [-0.05, 0) is 32.5 Å². The van der Waals surface area contributed by atoms with Crippen molar-refractivity contribution in [3.8, 4) is 0 Å². The van der Waals surface area contributed by atoms with E-state index in [0.717, 1.165) is 38.4 Å². The summed E-state index contributed by atoms with van der Waals surface area (Å²) in [7, 11) is 1.93. The lowest BCUT2D eigenvalue weighted by atomic mass is 10.4. The van der Waals surface area contributed by atoms with E-state index in [4.69, 9.17) is 28.6 Å². The number of nitrogens with zero attached hydrogens (tertiary/aromatic N) is 3. The van der Waals surface area contributed by atoms with Crippen molar-refractivity contribution in [3.05, 3.63) is 16.9 Å². The van der Waals surface area contributed by atoms with Crippen LogP contribution >= 0.6 is 23.8 Å². The summed E-state index contributed by atoms with van der Waals surface area (Å²) in [6.07, 6.45) is 2.77. The Balaban J connectivity index is 2.35. The Morgan fingerprint density at radius 1 is 1.55 bits per heavy atom. The maximum absolute atomic E-state index is 6.14. The van der Waals surface area contributed by atoms with E-state index >= 15 is 0 Å². The topological polar surface area (TPSA) is 42.3 Å². The van der Waals surface area contributed by atoms with Gasteiger partial charge in [0.05, 0.1) is 11.6 Å². The number of thiocarbonyl (C=S) groups is 1. The van der Waals surface area contributed by atoms with Gasteiger partial charge in [-0.25, -0.2) is 0 Å². The molecule has 114 valence electrons. The monoisotopic (exact) mass is 318 g/mol. The predicted molar refractivity (Wildman–Crippen MR) is 86.1 cm³/mol. The SMILES string of the molecule is CCOCCCNC(=S)N(C)Cc1nn(CC)cc1Cl. The first kappa shape index (κ1) is 17.2. The van der Waals surface area contributed by atoms with Crippen LogP contribution in [0.5, 0.6) is 0 Å². The van der Waals surface area contributed by atoms with Crippen molar-refractivity contribution in [2.24, 2.45) is 0 Å². The van der Waals surface area contributed by atoms with Crippen molar-refractivity contribution < 1.29 is 4.74 Å². The van der Waals surface area contributed by atoms with Gasteiger partial charge in [-0.15, -0.1) is 0 Å². The fourth-order valence-electron chi connectivity index (χ4n) is 1.65. The minimum absolute atomic E-state index is 0.600. The highest BCUT2D eigenvalue weighted by atomic mass is 35.5. The molecule has 1 N–H and O–H groups in total. The van der Waals surface area contributed by atoms with Crippen LogP contribution in [-0.2, 0) is 17.8 Å². The number of hydrogen-bond donors (Lipinski definition) is 1. The second-order valence-electron chi connectivity index (χ2n) is 4.42. The number of aryl methyl sites for hydroxylation is 1. The predicted octanol–water partition coefficient (Wildman–Crippen LogP) is 2.29. The van der Waals surface area contributed by atoms with E-state index in [2.05, 4.69) is 10.4 Å². The van der Waals surface area contributed by atoms with Crippen molar-refractivity contribution in [3.63, 3.8) is 0 Å². The van der Waals surface area contributed by atoms with Gasteiger partial charge in [0.2, 0.25) is 0 Å². The molecule has 1 rings (SSSR count). The van der Waals surface area contributed by atoms with Crippen molar-refractivity contribution in [1.29, 1.82) is 0 Å². The molecule has 0 aromatic carbocycles. The normalized spacial score (nSPS) is 10.6. The van der Waals surface area contributed by atoms with E-state index in [9.17, 15) is 0 Å². The van der Waals surface area contributed by atoms with E-state index in [1.165, 1.54) is 0 Å². The molecule has 0 fully saturated rings. The van der Waals surface area contributed by atoms with E-state index in [-0.39, 0.29) is 0 Å². The average molecular weight is 319 g/mol. The molecule has 1 heterocycles. The Morgan fingerprint density at radius 3 is 2.90 bits per heavy atom. The molecule has 7 heteroatoms. The molecule has 0 atom stereocenters. The van der Waals surface area contributed by atoms with E-state index in [1.807, 2.05) is 36.7 Å². The molecule has 0 unspecified atom stereocenters. The third-order valence-electron chi connectivity index (χ3n) is 2.79. The lowest BCUT2D eigenvalue weighted by Gasteiger charge is -2.20. The third kappa shape index (κ3) is 5.64. The van der Waals surface area contributed by atoms with Gasteiger partial charge in [0.15, 0.2) is 5.11 Å². The van der Waals surface area contributed by atoms with Crippen LogP contribution in [0.2, 0.25) is 5.02 Å². The Bertz CT molecular complexity index is 425. The van der Waals surface area contributed by atoms with Crippen molar-refractivity contribution in [2.45, 2.75) is 33.4 Å². The number of rotatable bonds is 8. The first-order chi connectivity index (χ1) is 9.58. The zero-order chi connectivity index (χ0) is 15.0. The second-order valence-corrected chi connectivity index (χ2v) is 5.21. The summed E-state index contributed by atoms with van der Waals surface area (Å²) < 4.78 is 7.10. The van der Waals surface area contributed by atoms with Gasteiger partial charge in [-0.1, -0.05) is 11.6 Å². The molecule has 0 bridgehead atoms. The first-order valence-corrected chi connectivity index (χ1v) is 7.65. The average Bonchev–Trinajstić information content (AvgIpc) is 2.79. The number of aromatic nitrogens is 2.